The van der Waals surface area contributed by atoms with Gasteiger partial charge in [0.25, 0.3) is 0 Å². The summed E-state index contributed by atoms with van der Waals surface area (Å²) in [5.41, 5.74) is 6.34. The highest BCUT2D eigenvalue weighted by Crippen LogP contribution is 2.44. The minimum Gasteiger partial charge on any atom is -0.309 e. The molecular weight excluding hydrogens is 545 g/mol. The van der Waals surface area contributed by atoms with Gasteiger partial charge in [0.05, 0.1) is 38.9 Å². The molecule has 0 atom stereocenters. The Labute approximate surface area is 250 Å². The number of nitriles is 2. The van der Waals surface area contributed by atoms with Gasteiger partial charge in [-0.3, -0.25) is 0 Å². The molecule has 0 saturated carbocycles. The molecule has 43 heavy (non-hydrogen) atoms. The third kappa shape index (κ3) is 3.17. The Morgan fingerprint density at radius 3 is 1.65 bits per heavy atom. The van der Waals surface area contributed by atoms with Crippen molar-refractivity contribution in [3.63, 3.8) is 0 Å². The zero-order valence-electron chi connectivity index (χ0n) is 22.7. The second-order valence-electron chi connectivity index (χ2n) is 10.8. The quantitative estimate of drug-likeness (QED) is 0.210. The normalized spacial score (nSPS) is 11.7. The van der Waals surface area contributed by atoms with Gasteiger partial charge in [-0.05, 0) is 42.5 Å². The fourth-order valence-corrected chi connectivity index (χ4v) is 8.10. The largest absolute Gasteiger partial charge is 0.309 e. The molecule has 3 heterocycles. The summed E-state index contributed by atoms with van der Waals surface area (Å²) < 4.78 is 6.77. The Kier molecular flexibility index (Phi) is 4.87. The van der Waals surface area contributed by atoms with Gasteiger partial charge in [-0.25, -0.2) is 0 Å². The van der Waals surface area contributed by atoms with E-state index in [4.69, 9.17) is 0 Å². The molecule has 0 spiro atoms. The molecule has 6 aromatic carbocycles. The maximum Gasteiger partial charge on any atom is 0.101 e. The molecule has 198 valence electrons. The lowest BCUT2D eigenvalue weighted by atomic mass is 10.1. The topological polar surface area (TPSA) is 57.4 Å². The molecule has 0 fully saturated rings. The second-order valence-corrected chi connectivity index (χ2v) is 11.8. The first-order valence-corrected chi connectivity index (χ1v) is 14.9. The van der Waals surface area contributed by atoms with Gasteiger partial charge in [0.1, 0.15) is 12.1 Å². The van der Waals surface area contributed by atoms with Gasteiger partial charge in [-0.1, -0.05) is 78.9 Å². The summed E-state index contributed by atoms with van der Waals surface area (Å²) in [6.07, 6.45) is 0. The number of nitrogens with zero attached hydrogens (tertiary/aromatic N) is 4. The van der Waals surface area contributed by atoms with Crippen molar-refractivity contribution in [2.75, 3.05) is 0 Å². The van der Waals surface area contributed by atoms with E-state index >= 15 is 0 Å². The minimum absolute atomic E-state index is 0.453. The van der Waals surface area contributed by atoms with Crippen molar-refractivity contribution in [1.82, 2.24) is 9.13 Å². The molecule has 0 unspecified atom stereocenters. The molecule has 9 rings (SSSR count). The number of benzene rings is 6. The monoisotopic (exact) mass is 564 g/mol. The van der Waals surface area contributed by atoms with Crippen LogP contribution in [-0.4, -0.2) is 9.13 Å². The molecule has 9 aromatic rings. The highest BCUT2D eigenvalue weighted by atomic mass is 32.1. The van der Waals surface area contributed by atoms with E-state index in [-0.39, 0.29) is 0 Å². The van der Waals surface area contributed by atoms with Crippen molar-refractivity contribution in [1.29, 1.82) is 10.5 Å². The van der Waals surface area contributed by atoms with Crippen molar-refractivity contribution in [3.8, 4) is 23.5 Å². The van der Waals surface area contributed by atoms with E-state index in [0.717, 1.165) is 43.9 Å². The van der Waals surface area contributed by atoms with Gasteiger partial charge in [-0.15, -0.1) is 11.3 Å². The summed E-state index contributed by atoms with van der Waals surface area (Å²) >= 11 is 1.81. The maximum absolute atomic E-state index is 10.6. The molecule has 3 aromatic heterocycles. The number of para-hydroxylation sites is 3. The van der Waals surface area contributed by atoms with Crippen molar-refractivity contribution in [2.24, 2.45) is 0 Å². The molecule has 5 heteroatoms. The summed E-state index contributed by atoms with van der Waals surface area (Å²) in [6, 6.07) is 46.4. The first-order valence-electron chi connectivity index (χ1n) is 14.1. The lowest BCUT2D eigenvalue weighted by Gasteiger charge is -2.15. The van der Waals surface area contributed by atoms with Crippen LogP contribution in [-0.2, 0) is 0 Å². The molecular formula is C38H20N4S. The van der Waals surface area contributed by atoms with E-state index in [1.165, 1.54) is 25.6 Å². The molecule has 0 bridgehead atoms. The third-order valence-electron chi connectivity index (χ3n) is 8.58. The van der Waals surface area contributed by atoms with Crippen LogP contribution in [0.5, 0.6) is 0 Å². The SMILES string of the molecule is N#Cc1cc(-n2c3ccccc3c3c4sc5ccccc5c4ccc32)cc(C#N)c1-n1c2ccccc2c2ccccc21. The van der Waals surface area contributed by atoms with Gasteiger partial charge in [0.2, 0.25) is 0 Å². The molecule has 0 saturated heterocycles. The fraction of sp³-hybridized carbons (Fsp3) is 0. The van der Waals surface area contributed by atoms with Gasteiger partial charge >= 0.3 is 0 Å². The van der Waals surface area contributed by atoms with Crippen LogP contribution in [0.25, 0.3) is 75.2 Å². The smallest absolute Gasteiger partial charge is 0.101 e. The van der Waals surface area contributed by atoms with Gasteiger partial charge in [0.15, 0.2) is 0 Å². The standard InChI is InChI=1S/C38H20N4S/c39-21-23-19-25(20-24(22-40)37(23)42-31-13-5-1-9-26(31)27-10-2-6-14-32(27)42)41-33-15-7-3-12-30(33)36-34(41)18-17-29-28-11-4-8-16-35(28)43-38(29)36/h1-20H. The Morgan fingerprint density at radius 1 is 0.488 bits per heavy atom. The van der Waals surface area contributed by atoms with Crippen LogP contribution in [0.15, 0.2) is 121 Å². The molecule has 0 aliphatic carbocycles. The number of aromatic nitrogens is 2. The lowest BCUT2D eigenvalue weighted by molar-refractivity contribution is 1.12. The second kappa shape index (κ2) is 8.81. The molecule has 0 radical (unpaired) electrons. The molecule has 0 N–H and O–H groups in total. The lowest BCUT2D eigenvalue weighted by Crippen LogP contribution is -2.04. The zero-order chi connectivity index (χ0) is 28.7. The van der Waals surface area contributed by atoms with Crippen LogP contribution >= 0.6 is 11.3 Å². The van der Waals surface area contributed by atoms with Crippen molar-refractivity contribution in [2.45, 2.75) is 0 Å². The van der Waals surface area contributed by atoms with E-state index in [1.807, 2.05) is 53.8 Å². The Morgan fingerprint density at radius 2 is 1.02 bits per heavy atom. The number of hydrogen-bond donors (Lipinski definition) is 0. The third-order valence-corrected chi connectivity index (χ3v) is 9.78. The first-order chi connectivity index (χ1) is 21.3. The maximum atomic E-state index is 10.6. The predicted molar refractivity (Wildman–Crippen MR) is 177 cm³/mol. The van der Waals surface area contributed by atoms with E-state index in [1.54, 1.807) is 0 Å². The van der Waals surface area contributed by atoms with Crippen molar-refractivity contribution in [3.05, 3.63) is 132 Å². The Hall–Kier alpha value is -5.88. The van der Waals surface area contributed by atoms with Crippen LogP contribution in [0, 0.1) is 22.7 Å². The highest BCUT2D eigenvalue weighted by Gasteiger charge is 2.22. The van der Waals surface area contributed by atoms with Crippen LogP contribution in [0.4, 0.5) is 0 Å². The van der Waals surface area contributed by atoms with Crippen LogP contribution in [0.3, 0.4) is 0 Å². The van der Waals surface area contributed by atoms with Crippen LogP contribution in [0.1, 0.15) is 11.1 Å². The summed E-state index contributed by atoms with van der Waals surface area (Å²) in [7, 11) is 0. The molecule has 0 aliphatic rings. The Bertz CT molecular complexity index is 2620. The summed E-state index contributed by atoms with van der Waals surface area (Å²) in [4.78, 5) is 0. The van der Waals surface area contributed by atoms with Gasteiger partial charge in [0, 0.05) is 47.4 Å². The van der Waals surface area contributed by atoms with Crippen LogP contribution < -0.4 is 0 Å². The molecule has 0 aliphatic heterocycles. The summed E-state index contributed by atoms with van der Waals surface area (Å²) in [5, 5.41) is 28.2. The zero-order valence-corrected chi connectivity index (χ0v) is 23.6. The predicted octanol–water partition coefficient (Wildman–Crippen LogP) is 9.99. The fourth-order valence-electron chi connectivity index (χ4n) is 6.84. The minimum atomic E-state index is 0.453. The summed E-state index contributed by atoms with van der Waals surface area (Å²) in [6.45, 7) is 0. The van der Waals surface area contributed by atoms with Crippen molar-refractivity contribution < 1.29 is 0 Å². The van der Waals surface area contributed by atoms with E-state index in [9.17, 15) is 10.5 Å². The average Bonchev–Trinajstić information content (AvgIpc) is 3.72. The number of rotatable bonds is 2. The number of thiophene rings is 1. The van der Waals surface area contributed by atoms with Gasteiger partial charge < -0.3 is 9.13 Å². The first kappa shape index (κ1) is 23.8. The van der Waals surface area contributed by atoms with Crippen LogP contribution in [0.2, 0.25) is 0 Å². The molecule has 0 amide bonds. The number of hydrogen-bond acceptors (Lipinski definition) is 3. The van der Waals surface area contributed by atoms with Crippen molar-refractivity contribution >= 4 is 75.1 Å². The molecule has 4 nitrogen and oxygen atoms in total. The summed E-state index contributed by atoms with van der Waals surface area (Å²) in [5.74, 6) is 0. The average molecular weight is 565 g/mol. The highest BCUT2D eigenvalue weighted by molar-refractivity contribution is 7.26. The van der Waals surface area contributed by atoms with Gasteiger partial charge in [-0.2, -0.15) is 10.5 Å². The Balaban J connectivity index is 1.39. The van der Waals surface area contributed by atoms with E-state index in [0.29, 0.717) is 16.8 Å². The van der Waals surface area contributed by atoms with E-state index < -0.39 is 0 Å². The van der Waals surface area contributed by atoms with E-state index in [2.05, 4.69) is 100 Å². The number of fused-ring (bicyclic) bond motifs is 10.